The van der Waals surface area contributed by atoms with E-state index in [4.69, 9.17) is 5.11 Å². The van der Waals surface area contributed by atoms with Gasteiger partial charge in [-0.1, -0.05) is 0 Å². The lowest BCUT2D eigenvalue weighted by Gasteiger charge is -2.06. The van der Waals surface area contributed by atoms with E-state index in [0.717, 1.165) is 5.56 Å². The lowest BCUT2D eigenvalue weighted by molar-refractivity contribution is -0.695. The second-order valence-electron chi connectivity index (χ2n) is 4.95. The molecule has 0 saturated heterocycles. The fourth-order valence-electron chi connectivity index (χ4n) is 1.92. The van der Waals surface area contributed by atoms with Gasteiger partial charge in [-0.2, -0.15) is 0 Å². The Labute approximate surface area is 127 Å². The Balaban J connectivity index is 1.96. The number of nitrogens with one attached hydrogen (secondary N) is 1. The van der Waals surface area contributed by atoms with Gasteiger partial charge in [-0.3, -0.25) is 4.79 Å². The molecule has 0 radical (unpaired) electrons. The Morgan fingerprint density at radius 1 is 1.18 bits per heavy atom. The minimum absolute atomic E-state index is 0.227. The lowest BCUT2D eigenvalue weighted by atomic mass is 10.1. The van der Waals surface area contributed by atoms with Crippen molar-refractivity contribution >= 4 is 17.6 Å². The van der Waals surface area contributed by atoms with E-state index in [1.54, 1.807) is 0 Å². The second kappa shape index (κ2) is 6.71. The first-order valence-corrected chi connectivity index (χ1v) is 6.77. The van der Waals surface area contributed by atoms with Gasteiger partial charge in [0, 0.05) is 17.8 Å². The first-order chi connectivity index (χ1) is 10.5. The molecule has 3 N–H and O–H groups in total. The number of aryl methyl sites for hydroxylation is 2. The number of nitrogens with zero attached hydrogens (tertiary/aromatic N) is 1. The normalized spacial score (nSPS) is 10.2. The molecule has 1 amide bonds. The van der Waals surface area contributed by atoms with E-state index >= 15 is 0 Å². The second-order valence-corrected chi connectivity index (χ2v) is 4.95. The highest BCUT2D eigenvalue weighted by molar-refractivity contribution is 5.95. The molecule has 0 atom stereocenters. The van der Waals surface area contributed by atoms with Crippen LogP contribution in [0, 0.1) is 6.92 Å². The smallest absolute Gasteiger partial charge is 0.339 e. The first kappa shape index (κ1) is 15.5. The van der Waals surface area contributed by atoms with E-state index < -0.39 is 5.97 Å². The molecule has 0 unspecified atom stereocenters. The van der Waals surface area contributed by atoms with Crippen molar-refractivity contribution in [2.24, 2.45) is 0 Å². The number of phenols is 1. The molecule has 1 aromatic carbocycles. The van der Waals surface area contributed by atoms with Crippen molar-refractivity contribution in [1.29, 1.82) is 0 Å². The van der Waals surface area contributed by atoms with Crippen LogP contribution in [-0.4, -0.2) is 22.1 Å². The number of carbonyl (C=O) groups excluding carboxylic acids is 1. The third-order valence-electron chi connectivity index (χ3n) is 3.17. The number of aromatic nitrogens is 1. The van der Waals surface area contributed by atoms with Crippen molar-refractivity contribution in [2.45, 2.75) is 19.9 Å². The molecule has 1 aromatic heterocycles. The molecule has 22 heavy (non-hydrogen) atoms. The van der Waals surface area contributed by atoms with E-state index in [1.165, 1.54) is 18.2 Å². The number of hydrogen-bond acceptors (Lipinski definition) is 3. The van der Waals surface area contributed by atoms with Gasteiger partial charge in [0.2, 0.25) is 5.91 Å². The number of carboxylic acids is 1. The zero-order valence-corrected chi connectivity index (χ0v) is 12.1. The molecule has 0 spiro atoms. The molecule has 1 heterocycles. The van der Waals surface area contributed by atoms with E-state index in [0.29, 0.717) is 12.2 Å². The third-order valence-corrected chi connectivity index (χ3v) is 3.17. The SMILES string of the molecule is Cc1cc[n+](CCC(=O)Nc2ccc(O)c(C(=O)O)c2)cc1. The van der Waals surface area contributed by atoms with E-state index in [1.807, 2.05) is 36.0 Å². The number of carbonyl (C=O) groups is 2. The molecule has 2 rings (SSSR count). The van der Waals surface area contributed by atoms with Crippen LogP contribution >= 0.6 is 0 Å². The Kier molecular flexibility index (Phi) is 4.73. The largest absolute Gasteiger partial charge is 0.507 e. The fourth-order valence-corrected chi connectivity index (χ4v) is 1.92. The molecule has 0 aliphatic heterocycles. The molecule has 2 aromatic rings. The Hall–Kier alpha value is -2.89. The fraction of sp³-hybridized carbons (Fsp3) is 0.188. The van der Waals surface area contributed by atoms with Crippen molar-refractivity contribution < 1.29 is 24.4 Å². The van der Waals surface area contributed by atoms with Gasteiger partial charge in [-0.05, 0) is 30.7 Å². The van der Waals surface area contributed by atoms with Crippen LogP contribution in [0.2, 0.25) is 0 Å². The van der Waals surface area contributed by atoms with Crippen molar-refractivity contribution in [1.82, 2.24) is 0 Å². The predicted octanol–water partition coefficient (Wildman–Crippen LogP) is 1.72. The van der Waals surface area contributed by atoms with Crippen LogP contribution in [0.4, 0.5) is 5.69 Å². The van der Waals surface area contributed by atoms with E-state index in [9.17, 15) is 14.7 Å². The quantitative estimate of drug-likeness (QED) is 0.579. The number of carboxylic acid groups (broad SMARTS) is 1. The molecule has 6 heteroatoms. The lowest BCUT2D eigenvalue weighted by Crippen LogP contribution is -2.34. The molecular weight excluding hydrogens is 284 g/mol. The summed E-state index contributed by atoms with van der Waals surface area (Å²) in [4.78, 5) is 22.8. The number of anilines is 1. The standard InChI is InChI=1S/C16H16N2O4/c1-11-4-7-18(8-5-11)9-6-15(20)17-12-2-3-14(19)13(10-12)16(21)22/h2-5,7-8,10H,6,9H2,1H3,(H2-,17,19,20,21,22)/p+1. The van der Waals surface area contributed by atoms with Gasteiger partial charge in [0.1, 0.15) is 11.3 Å². The van der Waals surface area contributed by atoms with Crippen LogP contribution in [0.25, 0.3) is 0 Å². The highest BCUT2D eigenvalue weighted by atomic mass is 16.4. The molecular formula is C16H17N2O4+. The number of aromatic hydroxyl groups is 1. The molecule has 6 nitrogen and oxygen atoms in total. The van der Waals surface area contributed by atoms with Crippen molar-refractivity contribution in [3.05, 3.63) is 53.9 Å². The summed E-state index contributed by atoms with van der Waals surface area (Å²) in [6.07, 6.45) is 4.05. The van der Waals surface area contributed by atoms with Crippen LogP contribution in [0.3, 0.4) is 0 Å². The van der Waals surface area contributed by atoms with Crippen molar-refractivity contribution in [3.8, 4) is 5.75 Å². The average Bonchev–Trinajstić information content (AvgIpc) is 2.48. The summed E-state index contributed by atoms with van der Waals surface area (Å²) in [6, 6.07) is 7.84. The Morgan fingerprint density at radius 3 is 2.50 bits per heavy atom. The van der Waals surface area contributed by atoms with Crippen molar-refractivity contribution in [2.75, 3.05) is 5.32 Å². The number of hydrogen-bond donors (Lipinski definition) is 3. The van der Waals surface area contributed by atoms with Gasteiger partial charge in [0.15, 0.2) is 18.9 Å². The molecule has 0 aliphatic rings. The van der Waals surface area contributed by atoms with Crippen LogP contribution in [0.5, 0.6) is 5.75 Å². The van der Waals surface area contributed by atoms with E-state index in [-0.39, 0.29) is 23.6 Å². The van der Waals surface area contributed by atoms with Crippen LogP contribution < -0.4 is 9.88 Å². The Bertz CT molecular complexity index is 696. The maximum absolute atomic E-state index is 11.9. The van der Waals surface area contributed by atoms with Gasteiger partial charge in [0.05, 0.1) is 6.42 Å². The number of aromatic carboxylic acids is 1. The monoisotopic (exact) mass is 301 g/mol. The molecule has 114 valence electrons. The average molecular weight is 301 g/mol. The first-order valence-electron chi connectivity index (χ1n) is 6.77. The topological polar surface area (TPSA) is 90.5 Å². The highest BCUT2D eigenvalue weighted by Gasteiger charge is 2.12. The van der Waals surface area contributed by atoms with Gasteiger partial charge < -0.3 is 15.5 Å². The summed E-state index contributed by atoms with van der Waals surface area (Å²) in [5.41, 5.74) is 1.24. The minimum atomic E-state index is -1.25. The molecule has 0 saturated carbocycles. The summed E-state index contributed by atoms with van der Waals surface area (Å²) < 4.78 is 1.89. The van der Waals surface area contributed by atoms with E-state index in [2.05, 4.69) is 5.32 Å². The summed E-state index contributed by atoms with van der Waals surface area (Å²) in [5.74, 6) is -1.81. The molecule has 0 aliphatic carbocycles. The number of amides is 1. The summed E-state index contributed by atoms with van der Waals surface area (Å²) in [7, 11) is 0. The van der Waals surface area contributed by atoms with Crippen LogP contribution in [0.15, 0.2) is 42.7 Å². The van der Waals surface area contributed by atoms with Crippen LogP contribution in [-0.2, 0) is 11.3 Å². The van der Waals surface area contributed by atoms with Gasteiger partial charge in [0.25, 0.3) is 0 Å². The summed E-state index contributed by atoms with van der Waals surface area (Å²) >= 11 is 0. The maximum atomic E-state index is 11.9. The zero-order chi connectivity index (χ0) is 16.1. The molecule has 0 fully saturated rings. The highest BCUT2D eigenvalue weighted by Crippen LogP contribution is 2.21. The third kappa shape index (κ3) is 4.05. The predicted molar refractivity (Wildman–Crippen MR) is 79.7 cm³/mol. The number of pyridine rings is 1. The van der Waals surface area contributed by atoms with Gasteiger partial charge in [-0.15, -0.1) is 0 Å². The van der Waals surface area contributed by atoms with Gasteiger partial charge in [-0.25, -0.2) is 9.36 Å². The van der Waals surface area contributed by atoms with Gasteiger partial charge >= 0.3 is 5.97 Å². The Morgan fingerprint density at radius 2 is 1.86 bits per heavy atom. The molecule has 0 bridgehead atoms. The zero-order valence-electron chi connectivity index (χ0n) is 12.1. The number of benzene rings is 1. The number of rotatable bonds is 5. The minimum Gasteiger partial charge on any atom is -0.507 e. The summed E-state index contributed by atoms with van der Waals surface area (Å²) in [5, 5.41) is 21.0. The maximum Gasteiger partial charge on any atom is 0.339 e. The van der Waals surface area contributed by atoms with Crippen LogP contribution in [0.1, 0.15) is 22.3 Å². The summed E-state index contributed by atoms with van der Waals surface area (Å²) in [6.45, 7) is 2.51. The van der Waals surface area contributed by atoms with Crippen molar-refractivity contribution in [3.63, 3.8) is 0 Å².